The van der Waals surface area contributed by atoms with Crippen molar-refractivity contribution in [2.75, 3.05) is 13.7 Å². The largest absolute Gasteiger partial charge is 0.496 e. The highest BCUT2D eigenvalue weighted by Gasteiger charge is 2.33. The van der Waals surface area contributed by atoms with E-state index in [9.17, 15) is 0 Å². The van der Waals surface area contributed by atoms with Crippen LogP contribution in [0.4, 0.5) is 0 Å². The number of nitrogens with one attached hydrogen (secondary N) is 1. The Balaban J connectivity index is 2.92. The van der Waals surface area contributed by atoms with E-state index in [1.807, 2.05) is 25.1 Å². The topological polar surface area (TPSA) is 56.5 Å². The molecule has 0 fully saturated rings. The Labute approximate surface area is 116 Å². The summed E-state index contributed by atoms with van der Waals surface area (Å²) in [5, 5.41) is 0. The molecule has 0 saturated carbocycles. The van der Waals surface area contributed by atoms with Crippen molar-refractivity contribution < 1.29 is 9.47 Å². The lowest BCUT2D eigenvalue weighted by Gasteiger charge is -2.36. The molecule has 0 amide bonds. The standard InChI is InChI=1S/C15H26N2O2/c1-5-15(3,19-6-2)14(17-16)11-12-9-7-8-10-13(12)18-4/h7-10,14,17H,5-6,11,16H2,1-4H3. The monoisotopic (exact) mass is 266 g/mol. The molecule has 1 aromatic rings. The van der Waals surface area contributed by atoms with Gasteiger partial charge in [-0.15, -0.1) is 0 Å². The Morgan fingerprint density at radius 1 is 1.32 bits per heavy atom. The summed E-state index contributed by atoms with van der Waals surface area (Å²) in [6.45, 7) is 6.89. The summed E-state index contributed by atoms with van der Waals surface area (Å²) < 4.78 is 11.3. The zero-order chi connectivity index (χ0) is 14.3. The zero-order valence-electron chi connectivity index (χ0n) is 12.4. The smallest absolute Gasteiger partial charge is 0.122 e. The molecule has 2 unspecified atom stereocenters. The molecule has 0 aliphatic heterocycles. The second kappa shape index (κ2) is 7.48. The molecule has 0 aliphatic rings. The van der Waals surface area contributed by atoms with Crippen molar-refractivity contribution in [3.05, 3.63) is 29.8 Å². The van der Waals surface area contributed by atoms with E-state index in [0.29, 0.717) is 6.61 Å². The molecule has 1 rings (SSSR count). The highest BCUT2D eigenvalue weighted by Crippen LogP contribution is 2.26. The van der Waals surface area contributed by atoms with Crippen LogP contribution in [0.2, 0.25) is 0 Å². The summed E-state index contributed by atoms with van der Waals surface area (Å²) in [6.07, 6.45) is 1.66. The van der Waals surface area contributed by atoms with Gasteiger partial charge in [-0.05, 0) is 38.3 Å². The highest BCUT2D eigenvalue weighted by atomic mass is 16.5. The van der Waals surface area contributed by atoms with E-state index in [1.165, 1.54) is 0 Å². The maximum absolute atomic E-state index is 5.89. The molecule has 0 saturated heterocycles. The Kier molecular flexibility index (Phi) is 6.28. The number of hydrogen-bond acceptors (Lipinski definition) is 4. The number of hydrogen-bond donors (Lipinski definition) is 2. The molecule has 0 aromatic heterocycles. The van der Waals surface area contributed by atoms with Crippen molar-refractivity contribution >= 4 is 0 Å². The first-order valence-corrected chi connectivity index (χ1v) is 6.83. The van der Waals surface area contributed by atoms with Crippen molar-refractivity contribution in [2.24, 2.45) is 5.84 Å². The van der Waals surface area contributed by atoms with E-state index in [-0.39, 0.29) is 11.6 Å². The number of benzene rings is 1. The van der Waals surface area contributed by atoms with Gasteiger partial charge in [-0.2, -0.15) is 0 Å². The van der Waals surface area contributed by atoms with Gasteiger partial charge in [-0.3, -0.25) is 11.3 Å². The summed E-state index contributed by atoms with van der Waals surface area (Å²) >= 11 is 0. The predicted octanol–water partition coefficient (Wildman–Crippen LogP) is 2.27. The Morgan fingerprint density at radius 2 is 2.00 bits per heavy atom. The van der Waals surface area contributed by atoms with Crippen LogP contribution in [0.5, 0.6) is 5.75 Å². The second-order valence-corrected chi connectivity index (χ2v) is 4.83. The summed E-state index contributed by atoms with van der Waals surface area (Å²) in [6, 6.07) is 8.04. The first kappa shape index (κ1) is 16.0. The van der Waals surface area contributed by atoms with E-state index in [0.717, 1.165) is 24.2 Å². The molecule has 0 radical (unpaired) electrons. The highest BCUT2D eigenvalue weighted by molar-refractivity contribution is 5.34. The SMILES string of the molecule is CCOC(C)(CC)C(Cc1ccccc1OC)NN. The fourth-order valence-electron chi connectivity index (χ4n) is 2.32. The molecule has 0 spiro atoms. The molecule has 3 N–H and O–H groups in total. The minimum absolute atomic E-state index is 0.0359. The van der Waals surface area contributed by atoms with Crippen LogP contribution in [0.3, 0.4) is 0 Å². The zero-order valence-corrected chi connectivity index (χ0v) is 12.4. The van der Waals surface area contributed by atoms with Crippen LogP contribution in [0.1, 0.15) is 32.8 Å². The number of nitrogens with two attached hydrogens (primary N) is 1. The van der Waals surface area contributed by atoms with Crippen LogP contribution in [0, 0.1) is 0 Å². The summed E-state index contributed by atoms with van der Waals surface area (Å²) in [7, 11) is 1.69. The second-order valence-electron chi connectivity index (χ2n) is 4.83. The van der Waals surface area contributed by atoms with Gasteiger partial charge in [0.1, 0.15) is 5.75 Å². The van der Waals surface area contributed by atoms with Crippen LogP contribution >= 0.6 is 0 Å². The maximum Gasteiger partial charge on any atom is 0.122 e. The van der Waals surface area contributed by atoms with E-state index in [2.05, 4.69) is 25.3 Å². The first-order valence-electron chi connectivity index (χ1n) is 6.83. The first-order chi connectivity index (χ1) is 9.11. The lowest BCUT2D eigenvalue weighted by Crippen LogP contribution is -2.54. The van der Waals surface area contributed by atoms with Gasteiger partial charge < -0.3 is 9.47 Å². The average molecular weight is 266 g/mol. The van der Waals surface area contributed by atoms with Gasteiger partial charge >= 0.3 is 0 Å². The molecule has 108 valence electrons. The quantitative estimate of drug-likeness (QED) is 0.560. The molecule has 4 heteroatoms. The molecule has 0 aliphatic carbocycles. The summed E-state index contributed by atoms with van der Waals surface area (Å²) in [5.41, 5.74) is 3.74. The van der Waals surface area contributed by atoms with Gasteiger partial charge in [0.2, 0.25) is 0 Å². The number of ether oxygens (including phenoxy) is 2. The Bertz CT molecular complexity index is 384. The minimum Gasteiger partial charge on any atom is -0.496 e. The van der Waals surface area contributed by atoms with Crippen LogP contribution < -0.4 is 16.0 Å². The van der Waals surface area contributed by atoms with Crippen LogP contribution in [-0.4, -0.2) is 25.4 Å². The van der Waals surface area contributed by atoms with E-state index in [1.54, 1.807) is 7.11 Å². The van der Waals surface area contributed by atoms with Crippen molar-refractivity contribution in [3.63, 3.8) is 0 Å². The lowest BCUT2D eigenvalue weighted by atomic mass is 9.88. The van der Waals surface area contributed by atoms with Crippen LogP contribution in [0.15, 0.2) is 24.3 Å². The summed E-state index contributed by atoms with van der Waals surface area (Å²) in [4.78, 5) is 0. The van der Waals surface area contributed by atoms with Gasteiger partial charge in [-0.1, -0.05) is 25.1 Å². The van der Waals surface area contributed by atoms with Gasteiger partial charge in [0, 0.05) is 6.61 Å². The fourth-order valence-corrected chi connectivity index (χ4v) is 2.32. The number of hydrazine groups is 1. The summed E-state index contributed by atoms with van der Waals surface area (Å²) in [5.74, 6) is 6.62. The fraction of sp³-hybridized carbons (Fsp3) is 0.600. The predicted molar refractivity (Wildman–Crippen MR) is 78.1 cm³/mol. The van der Waals surface area contributed by atoms with Gasteiger partial charge in [0.15, 0.2) is 0 Å². The van der Waals surface area contributed by atoms with Crippen molar-refractivity contribution in [1.82, 2.24) is 5.43 Å². The number of rotatable bonds is 8. The van der Waals surface area contributed by atoms with E-state index >= 15 is 0 Å². The lowest BCUT2D eigenvalue weighted by molar-refractivity contribution is -0.0551. The third kappa shape index (κ3) is 3.93. The third-order valence-electron chi connectivity index (χ3n) is 3.73. The van der Waals surface area contributed by atoms with Crippen LogP contribution in [0.25, 0.3) is 0 Å². The molecule has 0 heterocycles. The third-order valence-corrected chi connectivity index (χ3v) is 3.73. The molecular weight excluding hydrogens is 240 g/mol. The van der Waals surface area contributed by atoms with Crippen LogP contribution in [-0.2, 0) is 11.2 Å². The molecule has 4 nitrogen and oxygen atoms in total. The number of para-hydroxylation sites is 1. The maximum atomic E-state index is 5.89. The van der Waals surface area contributed by atoms with E-state index < -0.39 is 0 Å². The van der Waals surface area contributed by atoms with Gasteiger partial charge in [0.05, 0.1) is 18.8 Å². The molecule has 1 aromatic carbocycles. The van der Waals surface area contributed by atoms with Crippen molar-refractivity contribution in [3.8, 4) is 5.75 Å². The van der Waals surface area contributed by atoms with Gasteiger partial charge in [-0.25, -0.2) is 0 Å². The number of methoxy groups -OCH3 is 1. The Morgan fingerprint density at radius 3 is 2.53 bits per heavy atom. The minimum atomic E-state index is -0.287. The van der Waals surface area contributed by atoms with Crippen molar-refractivity contribution in [1.29, 1.82) is 0 Å². The van der Waals surface area contributed by atoms with E-state index in [4.69, 9.17) is 15.3 Å². The Hall–Kier alpha value is -1.10. The normalized spacial score (nSPS) is 15.8. The average Bonchev–Trinajstić information content (AvgIpc) is 2.45. The van der Waals surface area contributed by atoms with Gasteiger partial charge in [0.25, 0.3) is 0 Å². The molecule has 2 atom stereocenters. The molecule has 0 bridgehead atoms. The van der Waals surface area contributed by atoms with Crippen molar-refractivity contribution in [2.45, 2.75) is 45.3 Å². The molecule has 19 heavy (non-hydrogen) atoms. The molecular formula is C15H26N2O2.